The van der Waals surface area contributed by atoms with Gasteiger partial charge in [0.05, 0.1) is 27.8 Å². The fourth-order valence-electron chi connectivity index (χ4n) is 2.00. The van der Waals surface area contributed by atoms with Gasteiger partial charge in [-0.25, -0.2) is 0 Å². The molecular weight excluding hydrogens is 332 g/mol. The van der Waals surface area contributed by atoms with Crippen LogP contribution in [0.2, 0.25) is 0 Å². The van der Waals surface area contributed by atoms with Gasteiger partial charge in [0.2, 0.25) is 11.7 Å². The van der Waals surface area contributed by atoms with Crippen molar-refractivity contribution < 1.29 is 33.7 Å². The number of rotatable bonds is 9. The standard InChI is InChI=1S/C16H22N2O7/c1-9(15(21)17-6-5-13(19)20)18-16(22)10-7-11(23-2)14(25-4)12(8-10)24-3/h7-9H,5-6H2,1-4H3,(H,17,21)(H,18,22)(H,19,20)/t9-/m0/s1. The van der Waals surface area contributed by atoms with Crippen LogP contribution < -0.4 is 24.8 Å². The lowest BCUT2D eigenvalue weighted by molar-refractivity contribution is -0.137. The molecule has 9 heteroatoms. The van der Waals surface area contributed by atoms with Crippen molar-refractivity contribution in [1.29, 1.82) is 0 Å². The van der Waals surface area contributed by atoms with Crippen LogP contribution in [-0.2, 0) is 9.59 Å². The number of carboxylic acids is 1. The van der Waals surface area contributed by atoms with E-state index in [0.29, 0.717) is 17.2 Å². The molecule has 0 saturated carbocycles. The van der Waals surface area contributed by atoms with Crippen LogP contribution in [0.15, 0.2) is 12.1 Å². The normalized spacial score (nSPS) is 11.2. The zero-order chi connectivity index (χ0) is 19.0. The van der Waals surface area contributed by atoms with Crippen LogP contribution in [0.3, 0.4) is 0 Å². The van der Waals surface area contributed by atoms with E-state index in [0.717, 1.165) is 0 Å². The minimum atomic E-state index is -1.02. The van der Waals surface area contributed by atoms with Gasteiger partial charge >= 0.3 is 5.97 Å². The molecule has 9 nitrogen and oxygen atoms in total. The first kappa shape index (κ1) is 20.1. The minimum absolute atomic E-state index is 0.0153. The van der Waals surface area contributed by atoms with Crippen molar-refractivity contribution in [2.45, 2.75) is 19.4 Å². The molecule has 0 bridgehead atoms. The van der Waals surface area contributed by atoms with Gasteiger partial charge in [-0.1, -0.05) is 0 Å². The Hall–Kier alpha value is -2.97. The first-order valence-corrected chi connectivity index (χ1v) is 7.44. The Labute approximate surface area is 145 Å². The Balaban J connectivity index is 2.82. The van der Waals surface area contributed by atoms with Gasteiger partial charge in [-0.15, -0.1) is 0 Å². The van der Waals surface area contributed by atoms with Crippen molar-refractivity contribution in [3.63, 3.8) is 0 Å². The fraction of sp³-hybridized carbons (Fsp3) is 0.438. The van der Waals surface area contributed by atoms with Crippen LogP contribution in [-0.4, -0.2) is 56.8 Å². The predicted molar refractivity (Wildman–Crippen MR) is 88.3 cm³/mol. The number of amides is 2. The van der Waals surface area contributed by atoms with Crippen LogP contribution in [0.4, 0.5) is 0 Å². The van der Waals surface area contributed by atoms with Crippen molar-refractivity contribution in [3.05, 3.63) is 17.7 Å². The van der Waals surface area contributed by atoms with Gasteiger partial charge in [0.15, 0.2) is 11.5 Å². The number of carbonyl (C=O) groups is 3. The second kappa shape index (κ2) is 9.36. The summed E-state index contributed by atoms with van der Waals surface area (Å²) in [6, 6.07) is 2.08. The maximum absolute atomic E-state index is 12.3. The molecule has 1 rings (SSSR count). The Bertz CT molecular complexity index is 620. The maximum atomic E-state index is 12.3. The molecular formula is C16H22N2O7. The molecule has 2 amide bonds. The highest BCUT2D eigenvalue weighted by molar-refractivity contribution is 5.98. The fourth-order valence-corrected chi connectivity index (χ4v) is 2.00. The monoisotopic (exact) mass is 354 g/mol. The topological polar surface area (TPSA) is 123 Å². The number of hydrogen-bond donors (Lipinski definition) is 3. The summed E-state index contributed by atoms with van der Waals surface area (Å²) in [6.45, 7) is 1.48. The van der Waals surface area contributed by atoms with Gasteiger partial charge in [0, 0.05) is 12.1 Å². The Morgan fingerprint density at radius 2 is 1.64 bits per heavy atom. The SMILES string of the molecule is COc1cc(C(=O)N[C@@H](C)C(=O)NCCC(=O)O)cc(OC)c1OC. The van der Waals surface area contributed by atoms with Gasteiger partial charge in [-0.2, -0.15) is 0 Å². The van der Waals surface area contributed by atoms with Gasteiger partial charge in [0.25, 0.3) is 5.91 Å². The number of carboxylic acid groups (broad SMARTS) is 1. The summed E-state index contributed by atoms with van der Waals surface area (Å²) in [5, 5.41) is 13.5. The molecule has 1 atom stereocenters. The molecule has 1 aromatic rings. The average molecular weight is 354 g/mol. The van der Waals surface area contributed by atoms with Crippen molar-refractivity contribution >= 4 is 17.8 Å². The summed E-state index contributed by atoms with van der Waals surface area (Å²) in [6.07, 6.45) is -0.195. The maximum Gasteiger partial charge on any atom is 0.305 e. The molecule has 0 aliphatic carbocycles. The van der Waals surface area contributed by atoms with Crippen molar-refractivity contribution in [2.75, 3.05) is 27.9 Å². The van der Waals surface area contributed by atoms with E-state index in [1.165, 1.54) is 40.4 Å². The third kappa shape index (κ3) is 5.55. The molecule has 0 unspecified atom stereocenters. The van der Waals surface area contributed by atoms with Crippen LogP contribution in [0.5, 0.6) is 17.2 Å². The molecule has 0 fully saturated rings. The number of carbonyl (C=O) groups excluding carboxylic acids is 2. The lowest BCUT2D eigenvalue weighted by Crippen LogP contribution is -2.45. The Morgan fingerprint density at radius 1 is 1.08 bits per heavy atom. The highest BCUT2D eigenvalue weighted by Gasteiger charge is 2.20. The zero-order valence-corrected chi connectivity index (χ0v) is 14.5. The van der Waals surface area contributed by atoms with Gasteiger partial charge in [-0.3, -0.25) is 14.4 Å². The van der Waals surface area contributed by atoms with Crippen LogP contribution in [0, 0.1) is 0 Å². The van der Waals surface area contributed by atoms with Crippen molar-refractivity contribution in [3.8, 4) is 17.2 Å². The van der Waals surface area contributed by atoms with Crippen LogP contribution in [0.1, 0.15) is 23.7 Å². The molecule has 0 radical (unpaired) electrons. The summed E-state index contributed by atoms with van der Waals surface area (Å²) in [5.74, 6) is -1.05. The van der Waals surface area contributed by atoms with Crippen LogP contribution in [0.25, 0.3) is 0 Å². The van der Waals surface area contributed by atoms with Gasteiger partial charge in [0.1, 0.15) is 6.04 Å². The molecule has 0 spiro atoms. The van der Waals surface area contributed by atoms with E-state index < -0.39 is 23.8 Å². The third-order valence-electron chi connectivity index (χ3n) is 3.31. The van der Waals surface area contributed by atoms with E-state index in [4.69, 9.17) is 19.3 Å². The molecule has 138 valence electrons. The minimum Gasteiger partial charge on any atom is -0.493 e. The quantitative estimate of drug-likeness (QED) is 0.587. The lowest BCUT2D eigenvalue weighted by Gasteiger charge is -2.16. The lowest BCUT2D eigenvalue weighted by atomic mass is 10.1. The largest absolute Gasteiger partial charge is 0.493 e. The summed E-state index contributed by atoms with van der Waals surface area (Å²) in [7, 11) is 4.30. The Morgan fingerprint density at radius 3 is 2.08 bits per heavy atom. The number of nitrogens with one attached hydrogen (secondary N) is 2. The third-order valence-corrected chi connectivity index (χ3v) is 3.31. The van der Waals surface area contributed by atoms with E-state index in [9.17, 15) is 14.4 Å². The molecule has 0 saturated heterocycles. The molecule has 0 heterocycles. The van der Waals surface area contributed by atoms with E-state index in [-0.39, 0.29) is 18.5 Å². The zero-order valence-electron chi connectivity index (χ0n) is 14.5. The van der Waals surface area contributed by atoms with Crippen molar-refractivity contribution in [1.82, 2.24) is 10.6 Å². The van der Waals surface area contributed by atoms with E-state index in [1.807, 2.05) is 0 Å². The number of aliphatic carboxylic acids is 1. The highest BCUT2D eigenvalue weighted by atomic mass is 16.5. The van der Waals surface area contributed by atoms with Gasteiger partial charge in [-0.05, 0) is 19.1 Å². The average Bonchev–Trinajstić information content (AvgIpc) is 2.59. The summed E-state index contributed by atoms with van der Waals surface area (Å²) in [5.41, 5.74) is 0.222. The number of methoxy groups -OCH3 is 3. The van der Waals surface area contributed by atoms with Gasteiger partial charge < -0.3 is 30.0 Å². The number of benzene rings is 1. The van der Waals surface area contributed by atoms with Crippen LogP contribution >= 0.6 is 0 Å². The molecule has 0 aliphatic heterocycles. The van der Waals surface area contributed by atoms with E-state index in [1.54, 1.807) is 0 Å². The predicted octanol–water partition coefficient (Wildman–Crippen LogP) is 0.422. The Kier molecular flexibility index (Phi) is 7.51. The smallest absolute Gasteiger partial charge is 0.305 e. The summed E-state index contributed by atoms with van der Waals surface area (Å²) in [4.78, 5) is 34.6. The molecule has 3 N–H and O–H groups in total. The first-order chi connectivity index (χ1) is 11.8. The second-order valence-corrected chi connectivity index (χ2v) is 5.04. The summed E-state index contributed by atoms with van der Waals surface area (Å²) >= 11 is 0. The van der Waals surface area contributed by atoms with E-state index >= 15 is 0 Å². The number of ether oxygens (including phenoxy) is 3. The van der Waals surface area contributed by atoms with Crippen molar-refractivity contribution in [2.24, 2.45) is 0 Å². The molecule has 1 aromatic carbocycles. The second-order valence-electron chi connectivity index (χ2n) is 5.04. The highest BCUT2D eigenvalue weighted by Crippen LogP contribution is 2.38. The first-order valence-electron chi connectivity index (χ1n) is 7.44. The summed E-state index contributed by atoms with van der Waals surface area (Å²) < 4.78 is 15.5. The molecule has 25 heavy (non-hydrogen) atoms. The number of hydrogen-bond acceptors (Lipinski definition) is 6. The molecule has 0 aromatic heterocycles. The molecule has 0 aliphatic rings. The van der Waals surface area contributed by atoms with E-state index in [2.05, 4.69) is 10.6 Å².